The second-order valence-electron chi connectivity index (χ2n) is 8.18. The molecule has 0 unspecified atom stereocenters. The van der Waals surface area contributed by atoms with E-state index in [4.69, 9.17) is 14.2 Å². The molecule has 2 aromatic carbocycles. The quantitative estimate of drug-likeness (QED) is 0.491. The summed E-state index contributed by atoms with van der Waals surface area (Å²) >= 11 is 0. The fourth-order valence-electron chi connectivity index (χ4n) is 4.41. The van der Waals surface area contributed by atoms with Crippen LogP contribution < -0.4 is 10.1 Å². The summed E-state index contributed by atoms with van der Waals surface area (Å²) in [5, 5.41) is 3.27. The van der Waals surface area contributed by atoms with Gasteiger partial charge >= 0.3 is 11.9 Å². The van der Waals surface area contributed by atoms with Crippen LogP contribution in [0.4, 0.5) is 0 Å². The normalized spacial score (nSPS) is 17.6. The summed E-state index contributed by atoms with van der Waals surface area (Å²) in [4.78, 5) is 38.0. The van der Waals surface area contributed by atoms with Gasteiger partial charge in [0.05, 0.1) is 18.2 Å². The summed E-state index contributed by atoms with van der Waals surface area (Å²) in [5.74, 6) is -0.817. The molecule has 4 rings (SSSR count). The molecule has 0 saturated carbocycles. The molecule has 0 fully saturated rings. The van der Waals surface area contributed by atoms with Gasteiger partial charge in [-0.15, -0.1) is 0 Å². The number of esters is 2. The molecule has 0 aromatic heterocycles. The van der Waals surface area contributed by atoms with E-state index >= 15 is 0 Å². The number of hydrogen-bond acceptors (Lipinski definition) is 7. The topological polar surface area (TPSA) is 90.9 Å². The van der Waals surface area contributed by atoms with Crippen molar-refractivity contribution in [3.05, 3.63) is 88.3 Å². The number of methoxy groups -OCH3 is 1. The second kappa shape index (κ2) is 10.4. The van der Waals surface area contributed by atoms with E-state index in [9.17, 15) is 14.4 Å². The van der Waals surface area contributed by atoms with E-state index in [-0.39, 0.29) is 19.0 Å². The Kier molecular flexibility index (Phi) is 7.11. The standard InChI is InChI=1S/C27H27NO6/c1-17-23(27(31)34-16-15-33-20-7-4-3-5-8-20)24(25-21(28-17)9-6-10-22(25)29)18-11-13-19(14-12-18)26(30)32-2/h3-5,7-8,11-14,24,28H,6,9-10,15-16H2,1-2H3/t24-/m0/s1. The number of rotatable bonds is 7. The van der Waals surface area contributed by atoms with Gasteiger partial charge in [0, 0.05) is 29.3 Å². The molecule has 1 heterocycles. The third kappa shape index (κ3) is 4.88. The van der Waals surface area contributed by atoms with Crippen LogP contribution in [0, 0.1) is 0 Å². The van der Waals surface area contributed by atoms with Gasteiger partial charge in [-0.2, -0.15) is 0 Å². The summed E-state index contributed by atoms with van der Waals surface area (Å²) in [7, 11) is 1.32. The van der Waals surface area contributed by atoms with Crippen LogP contribution in [0.25, 0.3) is 0 Å². The number of carbonyl (C=O) groups is 3. The highest BCUT2D eigenvalue weighted by Gasteiger charge is 2.39. The number of nitrogens with one attached hydrogen (secondary N) is 1. The lowest BCUT2D eigenvalue weighted by Gasteiger charge is -2.34. The molecule has 0 amide bonds. The monoisotopic (exact) mass is 461 g/mol. The largest absolute Gasteiger partial charge is 0.490 e. The Labute approximate surface area is 198 Å². The summed E-state index contributed by atoms with van der Waals surface area (Å²) < 4.78 is 15.9. The fourth-order valence-corrected chi connectivity index (χ4v) is 4.41. The summed E-state index contributed by atoms with van der Waals surface area (Å²) in [6.45, 7) is 2.09. The number of carbonyl (C=O) groups excluding carboxylic acids is 3. The van der Waals surface area contributed by atoms with Crippen LogP contribution in [0.3, 0.4) is 0 Å². The van der Waals surface area contributed by atoms with Gasteiger partial charge in [0.1, 0.15) is 19.0 Å². The summed E-state index contributed by atoms with van der Waals surface area (Å²) in [6.07, 6.45) is 1.94. The third-order valence-electron chi connectivity index (χ3n) is 5.99. The lowest BCUT2D eigenvalue weighted by Crippen LogP contribution is -2.34. The SMILES string of the molecule is COC(=O)c1ccc([C@H]2C(C(=O)OCCOc3ccccc3)=C(C)NC3=C2C(=O)CCC3)cc1. The lowest BCUT2D eigenvalue weighted by molar-refractivity contribution is -0.140. The molecule has 176 valence electrons. The van der Waals surface area contributed by atoms with E-state index in [1.165, 1.54) is 7.11 Å². The molecule has 0 saturated heterocycles. The number of allylic oxidation sites excluding steroid dienone is 3. The van der Waals surface area contributed by atoms with Crippen molar-refractivity contribution in [2.45, 2.75) is 32.1 Å². The Balaban J connectivity index is 1.58. The highest BCUT2D eigenvalue weighted by molar-refractivity contribution is 6.03. The molecule has 1 aliphatic heterocycles. The molecule has 7 nitrogen and oxygen atoms in total. The number of Topliss-reactive ketones (excluding diaryl/α,β-unsaturated/α-hetero) is 1. The zero-order chi connectivity index (χ0) is 24.1. The molecule has 7 heteroatoms. The van der Waals surface area contributed by atoms with Gasteiger partial charge < -0.3 is 19.5 Å². The first-order valence-corrected chi connectivity index (χ1v) is 11.3. The van der Waals surface area contributed by atoms with Crippen molar-refractivity contribution in [1.82, 2.24) is 5.32 Å². The van der Waals surface area contributed by atoms with Crippen molar-refractivity contribution in [3.8, 4) is 5.75 Å². The van der Waals surface area contributed by atoms with Gasteiger partial charge in [-0.1, -0.05) is 30.3 Å². The molecule has 0 radical (unpaired) electrons. The zero-order valence-corrected chi connectivity index (χ0v) is 19.3. The fraction of sp³-hybridized carbons (Fsp3) is 0.296. The van der Waals surface area contributed by atoms with Crippen molar-refractivity contribution in [2.75, 3.05) is 20.3 Å². The van der Waals surface area contributed by atoms with Crippen LogP contribution >= 0.6 is 0 Å². The van der Waals surface area contributed by atoms with Gasteiger partial charge in [0.15, 0.2) is 5.78 Å². The van der Waals surface area contributed by atoms with Gasteiger partial charge in [0.25, 0.3) is 0 Å². The Bertz CT molecular complexity index is 1150. The van der Waals surface area contributed by atoms with Crippen LogP contribution in [0.5, 0.6) is 5.75 Å². The molecular formula is C27H27NO6. The van der Waals surface area contributed by atoms with E-state index in [0.29, 0.717) is 34.6 Å². The van der Waals surface area contributed by atoms with Crippen LogP contribution in [0.1, 0.15) is 48.0 Å². The van der Waals surface area contributed by atoms with Gasteiger partial charge in [-0.05, 0) is 49.6 Å². The van der Waals surface area contributed by atoms with Crippen LogP contribution in [-0.2, 0) is 19.1 Å². The van der Waals surface area contributed by atoms with E-state index in [2.05, 4.69) is 5.32 Å². The van der Waals surface area contributed by atoms with Crippen LogP contribution in [-0.4, -0.2) is 38.0 Å². The molecule has 1 atom stereocenters. The molecule has 0 spiro atoms. The van der Waals surface area contributed by atoms with Gasteiger partial charge in [0.2, 0.25) is 0 Å². The predicted octanol–water partition coefficient (Wildman–Crippen LogP) is 4.06. The number of ketones is 1. The van der Waals surface area contributed by atoms with Crippen molar-refractivity contribution >= 4 is 17.7 Å². The highest BCUT2D eigenvalue weighted by atomic mass is 16.6. The first-order valence-electron chi connectivity index (χ1n) is 11.3. The van der Waals surface area contributed by atoms with E-state index in [1.807, 2.05) is 37.3 Å². The number of hydrogen-bond donors (Lipinski definition) is 1. The molecule has 0 bridgehead atoms. The third-order valence-corrected chi connectivity index (χ3v) is 5.99. The molecule has 1 aliphatic carbocycles. The minimum absolute atomic E-state index is 0.0148. The highest BCUT2D eigenvalue weighted by Crippen LogP contribution is 2.42. The van der Waals surface area contributed by atoms with E-state index < -0.39 is 17.9 Å². The Hall–Kier alpha value is -3.87. The lowest BCUT2D eigenvalue weighted by atomic mass is 9.75. The smallest absolute Gasteiger partial charge is 0.337 e. The first-order chi connectivity index (χ1) is 16.5. The summed E-state index contributed by atoms with van der Waals surface area (Å²) in [6, 6.07) is 16.1. The maximum atomic E-state index is 13.2. The van der Waals surface area contributed by atoms with Crippen molar-refractivity contribution in [1.29, 1.82) is 0 Å². The average Bonchev–Trinajstić information content (AvgIpc) is 2.86. The second-order valence-corrected chi connectivity index (χ2v) is 8.18. The Morgan fingerprint density at radius 2 is 1.71 bits per heavy atom. The predicted molar refractivity (Wildman–Crippen MR) is 125 cm³/mol. The average molecular weight is 462 g/mol. The van der Waals surface area contributed by atoms with Crippen molar-refractivity contribution < 1.29 is 28.6 Å². The molecule has 2 aliphatic rings. The van der Waals surface area contributed by atoms with Gasteiger partial charge in [-0.25, -0.2) is 9.59 Å². The number of benzene rings is 2. The molecule has 2 aromatic rings. The van der Waals surface area contributed by atoms with Crippen molar-refractivity contribution in [3.63, 3.8) is 0 Å². The maximum Gasteiger partial charge on any atom is 0.337 e. The number of dihydropyridines is 1. The van der Waals surface area contributed by atoms with Crippen LogP contribution in [0.2, 0.25) is 0 Å². The van der Waals surface area contributed by atoms with E-state index in [0.717, 1.165) is 24.1 Å². The Morgan fingerprint density at radius 1 is 0.971 bits per heavy atom. The maximum absolute atomic E-state index is 13.2. The van der Waals surface area contributed by atoms with Crippen molar-refractivity contribution in [2.24, 2.45) is 0 Å². The minimum atomic E-state index is -0.571. The van der Waals surface area contributed by atoms with E-state index in [1.54, 1.807) is 24.3 Å². The summed E-state index contributed by atoms with van der Waals surface area (Å²) in [5.41, 5.74) is 3.62. The van der Waals surface area contributed by atoms with Crippen LogP contribution in [0.15, 0.2) is 77.1 Å². The number of para-hydroxylation sites is 1. The molecule has 34 heavy (non-hydrogen) atoms. The molecule has 1 N–H and O–H groups in total. The van der Waals surface area contributed by atoms with Gasteiger partial charge in [-0.3, -0.25) is 4.79 Å². The zero-order valence-electron chi connectivity index (χ0n) is 19.3. The molecular weight excluding hydrogens is 434 g/mol. The first kappa shape index (κ1) is 23.3. The number of ether oxygens (including phenoxy) is 3. The Morgan fingerprint density at radius 3 is 2.41 bits per heavy atom. The minimum Gasteiger partial charge on any atom is -0.490 e.